The lowest BCUT2D eigenvalue weighted by Gasteiger charge is -1.94. The van der Waals surface area contributed by atoms with E-state index in [2.05, 4.69) is 74.5 Å². The molecule has 2 aromatic carbocycles. The van der Waals surface area contributed by atoms with E-state index in [1.165, 1.54) is 24.0 Å². The normalized spacial score (nSPS) is 27.4. The van der Waals surface area contributed by atoms with Gasteiger partial charge in [0.15, 0.2) is 0 Å². The summed E-state index contributed by atoms with van der Waals surface area (Å²) in [6.45, 7) is 4.63. The molecule has 4 rings (SSSR count). The Morgan fingerprint density at radius 1 is 0.591 bits per heavy atom. The minimum Gasteiger partial charge on any atom is -0.0776 e. The summed E-state index contributed by atoms with van der Waals surface area (Å²) >= 11 is 0. The molecule has 2 aromatic rings. The minimum absolute atomic E-state index is 0. The van der Waals surface area contributed by atoms with Gasteiger partial charge in [0.2, 0.25) is 0 Å². The monoisotopic (exact) mass is 296 g/mol. The molecule has 0 spiro atoms. The summed E-state index contributed by atoms with van der Waals surface area (Å²) in [5.41, 5.74) is 3.05. The van der Waals surface area contributed by atoms with E-state index < -0.39 is 0 Å². The lowest BCUT2D eigenvalue weighted by molar-refractivity contribution is 0.915. The second kappa shape index (κ2) is 8.17. The lowest BCUT2D eigenvalue weighted by Crippen LogP contribution is -1.77. The quantitative estimate of drug-likeness (QED) is 0.566. The third-order valence-corrected chi connectivity index (χ3v) is 4.67. The zero-order chi connectivity index (χ0) is 13.9. The summed E-state index contributed by atoms with van der Waals surface area (Å²) in [6, 6.07) is 21.6. The minimum atomic E-state index is 0. The fourth-order valence-electron chi connectivity index (χ4n) is 2.97. The first-order chi connectivity index (χ1) is 9.75. The van der Waals surface area contributed by atoms with Gasteiger partial charge in [-0.05, 0) is 47.6 Å². The maximum atomic E-state index is 2.32. The van der Waals surface area contributed by atoms with Gasteiger partial charge in [-0.1, -0.05) is 89.4 Å². The largest absolute Gasteiger partial charge is 0.0776 e. The van der Waals surface area contributed by atoms with Crippen LogP contribution in [-0.4, -0.2) is 0 Å². The van der Waals surface area contributed by atoms with Gasteiger partial charge in [-0.15, -0.1) is 0 Å². The third kappa shape index (κ3) is 4.73. The SMILES string of the molecule is C.C.C[C@@H]1C[C@H]1c1ccccc1.C[C@H]1C[C@@H]1c1ccccc1. The van der Waals surface area contributed by atoms with Crippen molar-refractivity contribution in [3.05, 3.63) is 71.8 Å². The fourth-order valence-corrected chi connectivity index (χ4v) is 2.97. The van der Waals surface area contributed by atoms with Gasteiger partial charge in [0.1, 0.15) is 0 Å². The van der Waals surface area contributed by atoms with E-state index in [1.807, 2.05) is 0 Å². The summed E-state index contributed by atoms with van der Waals surface area (Å²) in [7, 11) is 0. The van der Waals surface area contributed by atoms with Crippen LogP contribution in [0.1, 0.15) is 64.5 Å². The van der Waals surface area contributed by atoms with Crippen LogP contribution < -0.4 is 0 Å². The second-order valence-corrected chi connectivity index (χ2v) is 6.46. The van der Waals surface area contributed by atoms with E-state index in [1.54, 1.807) is 0 Å². The Morgan fingerprint density at radius 3 is 1.09 bits per heavy atom. The second-order valence-electron chi connectivity index (χ2n) is 6.46. The molecule has 0 aromatic heterocycles. The summed E-state index contributed by atoms with van der Waals surface area (Å²) in [5.74, 6) is 3.62. The Bertz CT molecular complexity index is 477. The van der Waals surface area contributed by atoms with Gasteiger partial charge >= 0.3 is 0 Å². The topological polar surface area (TPSA) is 0 Å². The van der Waals surface area contributed by atoms with Crippen molar-refractivity contribution in [1.82, 2.24) is 0 Å². The smallest absolute Gasteiger partial charge is 0.0133 e. The maximum absolute atomic E-state index is 2.32. The summed E-state index contributed by atoms with van der Waals surface area (Å²) in [6.07, 6.45) is 2.79. The van der Waals surface area contributed by atoms with Crippen LogP contribution in [0.3, 0.4) is 0 Å². The van der Waals surface area contributed by atoms with E-state index in [-0.39, 0.29) is 14.9 Å². The van der Waals surface area contributed by atoms with Crippen molar-refractivity contribution in [3.8, 4) is 0 Å². The highest BCUT2D eigenvalue weighted by molar-refractivity contribution is 5.25. The van der Waals surface area contributed by atoms with Crippen molar-refractivity contribution in [1.29, 1.82) is 0 Å². The fraction of sp³-hybridized carbons (Fsp3) is 0.455. The van der Waals surface area contributed by atoms with Crippen molar-refractivity contribution in [2.24, 2.45) is 11.8 Å². The molecule has 0 radical (unpaired) electrons. The average molecular weight is 296 g/mol. The van der Waals surface area contributed by atoms with E-state index in [0.717, 1.165) is 23.7 Å². The molecule has 120 valence electrons. The van der Waals surface area contributed by atoms with E-state index >= 15 is 0 Å². The van der Waals surface area contributed by atoms with Gasteiger partial charge in [-0.3, -0.25) is 0 Å². The zero-order valence-electron chi connectivity index (χ0n) is 12.5. The molecule has 0 unspecified atom stereocenters. The molecule has 0 amide bonds. The van der Waals surface area contributed by atoms with Crippen LogP contribution in [0.2, 0.25) is 0 Å². The molecule has 22 heavy (non-hydrogen) atoms. The molecule has 4 atom stereocenters. The van der Waals surface area contributed by atoms with Crippen molar-refractivity contribution in [3.63, 3.8) is 0 Å². The molecule has 0 heterocycles. The van der Waals surface area contributed by atoms with Crippen molar-refractivity contribution >= 4 is 0 Å². The molecule has 0 heteroatoms. The van der Waals surface area contributed by atoms with E-state index in [4.69, 9.17) is 0 Å². The molecule has 0 bridgehead atoms. The Labute approximate surface area is 137 Å². The predicted molar refractivity (Wildman–Crippen MR) is 99.4 cm³/mol. The van der Waals surface area contributed by atoms with Crippen LogP contribution in [-0.2, 0) is 0 Å². The summed E-state index contributed by atoms with van der Waals surface area (Å²) in [4.78, 5) is 0. The molecule has 2 aliphatic carbocycles. The molecule has 0 aliphatic heterocycles. The number of benzene rings is 2. The molecule has 0 saturated heterocycles. The zero-order valence-corrected chi connectivity index (χ0v) is 12.5. The number of hydrogen-bond acceptors (Lipinski definition) is 0. The molecule has 0 N–H and O–H groups in total. The summed E-state index contributed by atoms with van der Waals surface area (Å²) < 4.78 is 0. The van der Waals surface area contributed by atoms with Gasteiger partial charge < -0.3 is 0 Å². The predicted octanol–water partition coefficient (Wildman–Crippen LogP) is 6.89. The number of hydrogen-bond donors (Lipinski definition) is 0. The van der Waals surface area contributed by atoms with Gasteiger partial charge in [0.05, 0.1) is 0 Å². The van der Waals surface area contributed by atoms with Gasteiger partial charge in [0.25, 0.3) is 0 Å². The Hall–Kier alpha value is -1.56. The first kappa shape index (κ1) is 18.5. The van der Waals surface area contributed by atoms with Crippen molar-refractivity contribution < 1.29 is 0 Å². The molecule has 2 saturated carbocycles. The number of rotatable bonds is 2. The Balaban J connectivity index is 0.000000202. The van der Waals surface area contributed by atoms with Crippen molar-refractivity contribution in [2.45, 2.75) is 53.4 Å². The Kier molecular flexibility index (Phi) is 6.87. The summed E-state index contributed by atoms with van der Waals surface area (Å²) in [5, 5.41) is 0. The average Bonchev–Trinajstić information content (AvgIpc) is 3.40. The molecular formula is C22H32. The van der Waals surface area contributed by atoms with Crippen LogP contribution in [0.25, 0.3) is 0 Å². The third-order valence-electron chi connectivity index (χ3n) is 4.67. The molecule has 2 fully saturated rings. The molecular weight excluding hydrogens is 264 g/mol. The highest BCUT2D eigenvalue weighted by atomic mass is 14.4. The van der Waals surface area contributed by atoms with Gasteiger partial charge in [-0.2, -0.15) is 0 Å². The van der Waals surface area contributed by atoms with Gasteiger partial charge in [0, 0.05) is 0 Å². The molecule has 2 aliphatic rings. The highest BCUT2D eigenvalue weighted by Gasteiger charge is 2.33. The van der Waals surface area contributed by atoms with E-state index in [9.17, 15) is 0 Å². The maximum Gasteiger partial charge on any atom is -0.0133 e. The van der Waals surface area contributed by atoms with Gasteiger partial charge in [-0.25, -0.2) is 0 Å². The standard InChI is InChI=1S/2C10H12.2CH4/c2*1-8-7-10(8)9-5-3-2-4-6-9;;/h2*2-6,8,10H,7H2,1H3;2*1H4/t2*8-,10-;;/m10../s1. The van der Waals surface area contributed by atoms with Crippen LogP contribution in [0.15, 0.2) is 60.7 Å². The van der Waals surface area contributed by atoms with Crippen LogP contribution in [0, 0.1) is 11.8 Å². The molecule has 0 nitrogen and oxygen atoms in total. The first-order valence-electron chi connectivity index (χ1n) is 7.85. The van der Waals surface area contributed by atoms with Crippen LogP contribution in [0.5, 0.6) is 0 Å². The first-order valence-corrected chi connectivity index (χ1v) is 7.85. The lowest BCUT2D eigenvalue weighted by atomic mass is 10.1. The Morgan fingerprint density at radius 2 is 0.864 bits per heavy atom. The van der Waals surface area contributed by atoms with E-state index in [0.29, 0.717) is 0 Å². The van der Waals surface area contributed by atoms with Crippen molar-refractivity contribution in [2.75, 3.05) is 0 Å². The van der Waals surface area contributed by atoms with Crippen LogP contribution in [0.4, 0.5) is 0 Å². The highest BCUT2D eigenvalue weighted by Crippen LogP contribution is 2.47. The van der Waals surface area contributed by atoms with Crippen LogP contribution >= 0.6 is 0 Å².